The molecule has 3 rings (SSSR count). The molecule has 2 aromatic carbocycles. The predicted octanol–water partition coefficient (Wildman–Crippen LogP) is 4.33. The Labute approximate surface area is 205 Å². The summed E-state index contributed by atoms with van der Waals surface area (Å²) in [5.41, 5.74) is 2.02. The first-order valence-corrected chi connectivity index (χ1v) is 12.4. The van der Waals surface area contributed by atoms with Gasteiger partial charge in [0.15, 0.2) is 6.29 Å². The van der Waals surface area contributed by atoms with E-state index in [0.29, 0.717) is 23.3 Å². The third-order valence-corrected chi connectivity index (χ3v) is 6.40. The minimum Gasteiger partial charge on any atom is -0.476 e. The molecule has 2 aromatic rings. The van der Waals surface area contributed by atoms with Gasteiger partial charge in [0.1, 0.15) is 18.3 Å². The summed E-state index contributed by atoms with van der Waals surface area (Å²) >= 11 is 6.60. The Kier molecular flexibility index (Phi) is 10.6. The molecular formula is C25H32O6S2. The largest absolute Gasteiger partial charge is 0.476 e. The van der Waals surface area contributed by atoms with E-state index in [1.165, 1.54) is 11.8 Å². The number of aliphatic hydroxyl groups excluding tert-OH is 1. The van der Waals surface area contributed by atoms with Crippen molar-refractivity contribution in [3.8, 4) is 0 Å². The molecule has 0 unspecified atom stereocenters. The van der Waals surface area contributed by atoms with Crippen LogP contribution in [-0.2, 0) is 36.9 Å². The fourth-order valence-electron chi connectivity index (χ4n) is 3.50. The first-order valence-electron chi connectivity index (χ1n) is 11.0. The minimum atomic E-state index is -0.935. The van der Waals surface area contributed by atoms with E-state index in [9.17, 15) is 5.11 Å². The second-order valence-electron chi connectivity index (χ2n) is 8.02. The molecule has 0 aliphatic carbocycles. The van der Waals surface area contributed by atoms with E-state index in [1.54, 1.807) is 7.11 Å². The van der Waals surface area contributed by atoms with Gasteiger partial charge < -0.3 is 28.8 Å². The molecule has 0 saturated carbocycles. The van der Waals surface area contributed by atoms with Gasteiger partial charge in [-0.25, -0.2) is 0 Å². The molecule has 33 heavy (non-hydrogen) atoms. The highest BCUT2D eigenvalue weighted by atomic mass is 32.2. The maximum absolute atomic E-state index is 11.2. The topological polar surface area (TPSA) is 66.4 Å². The van der Waals surface area contributed by atoms with Crippen LogP contribution in [0, 0.1) is 0 Å². The van der Waals surface area contributed by atoms with Gasteiger partial charge in [-0.2, -0.15) is 0 Å². The first kappa shape index (κ1) is 26.1. The number of rotatable bonds is 10. The van der Waals surface area contributed by atoms with Crippen LogP contribution in [0.5, 0.6) is 0 Å². The summed E-state index contributed by atoms with van der Waals surface area (Å²) < 4.78 is 30.0. The molecule has 0 radical (unpaired) electrons. The van der Waals surface area contributed by atoms with E-state index in [2.05, 4.69) is 0 Å². The monoisotopic (exact) mass is 492 g/mol. The molecule has 0 amide bonds. The lowest BCUT2D eigenvalue weighted by molar-refractivity contribution is -0.306. The van der Waals surface area contributed by atoms with Gasteiger partial charge in [0.2, 0.25) is 4.38 Å². The third-order valence-electron chi connectivity index (χ3n) is 5.12. The van der Waals surface area contributed by atoms with E-state index in [0.717, 1.165) is 11.1 Å². The fourth-order valence-corrected chi connectivity index (χ4v) is 4.73. The average molecular weight is 493 g/mol. The molecule has 0 aromatic heterocycles. The van der Waals surface area contributed by atoms with Gasteiger partial charge in [-0.1, -0.05) is 72.4 Å². The molecule has 180 valence electrons. The Morgan fingerprint density at radius 3 is 2.03 bits per heavy atom. The second kappa shape index (κ2) is 13.4. The van der Waals surface area contributed by atoms with Crippen LogP contribution in [0.2, 0.25) is 0 Å². The highest BCUT2D eigenvalue weighted by Gasteiger charge is 2.47. The number of aliphatic hydroxyl groups is 1. The molecule has 1 aliphatic heterocycles. The summed E-state index contributed by atoms with van der Waals surface area (Å²) in [5, 5.41) is 11.2. The van der Waals surface area contributed by atoms with Crippen LogP contribution < -0.4 is 0 Å². The Bertz CT molecular complexity index is 835. The SMILES string of the molecule is CO[C@H]1O[C@H](CSC(=S)OC(C)C)[C@@H](O)[C@H](OCc2ccccc2)[C@H]1OCc1ccccc1. The predicted molar refractivity (Wildman–Crippen MR) is 133 cm³/mol. The van der Waals surface area contributed by atoms with E-state index in [1.807, 2.05) is 74.5 Å². The lowest BCUT2D eigenvalue weighted by Crippen LogP contribution is -2.60. The van der Waals surface area contributed by atoms with Crippen LogP contribution >= 0.6 is 24.0 Å². The van der Waals surface area contributed by atoms with Crippen molar-refractivity contribution in [1.29, 1.82) is 0 Å². The van der Waals surface area contributed by atoms with Crippen molar-refractivity contribution in [2.45, 2.75) is 63.9 Å². The number of ether oxygens (including phenoxy) is 5. The van der Waals surface area contributed by atoms with Crippen LogP contribution in [-0.4, -0.2) is 59.2 Å². The number of thioether (sulfide) groups is 1. The van der Waals surface area contributed by atoms with Crippen molar-refractivity contribution in [1.82, 2.24) is 0 Å². The molecule has 1 heterocycles. The van der Waals surface area contributed by atoms with E-state index < -0.39 is 30.7 Å². The van der Waals surface area contributed by atoms with Gasteiger partial charge in [-0.05, 0) is 37.2 Å². The molecule has 0 bridgehead atoms. The molecule has 8 heteroatoms. The molecular weight excluding hydrogens is 460 g/mol. The summed E-state index contributed by atoms with van der Waals surface area (Å²) in [4.78, 5) is 0. The summed E-state index contributed by atoms with van der Waals surface area (Å²) in [6.45, 7) is 4.51. The maximum Gasteiger partial charge on any atom is 0.220 e. The van der Waals surface area contributed by atoms with Crippen LogP contribution in [0.3, 0.4) is 0 Å². The summed E-state index contributed by atoms with van der Waals surface area (Å²) in [5.74, 6) is 0.406. The summed E-state index contributed by atoms with van der Waals surface area (Å²) in [7, 11) is 1.56. The van der Waals surface area contributed by atoms with E-state index >= 15 is 0 Å². The lowest BCUT2D eigenvalue weighted by Gasteiger charge is -2.43. The van der Waals surface area contributed by atoms with Gasteiger partial charge >= 0.3 is 0 Å². The number of benzene rings is 2. The van der Waals surface area contributed by atoms with E-state index in [-0.39, 0.29) is 6.10 Å². The zero-order valence-corrected chi connectivity index (χ0v) is 20.8. The molecule has 1 fully saturated rings. The summed E-state index contributed by atoms with van der Waals surface area (Å²) in [6.07, 6.45) is -3.48. The molecule has 6 nitrogen and oxygen atoms in total. The Morgan fingerprint density at radius 2 is 1.52 bits per heavy atom. The Hall–Kier alpha value is -1.52. The van der Waals surface area contributed by atoms with Gasteiger partial charge in [-0.15, -0.1) is 0 Å². The normalized spacial score (nSPS) is 25.2. The fraction of sp³-hybridized carbons (Fsp3) is 0.480. The van der Waals surface area contributed by atoms with Crippen LogP contribution in [0.15, 0.2) is 60.7 Å². The van der Waals surface area contributed by atoms with Crippen molar-refractivity contribution in [2.75, 3.05) is 12.9 Å². The Morgan fingerprint density at radius 1 is 0.970 bits per heavy atom. The molecule has 1 saturated heterocycles. The third kappa shape index (κ3) is 8.03. The van der Waals surface area contributed by atoms with Crippen LogP contribution in [0.25, 0.3) is 0 Å². The van der Waals surface area contributed by atoms with Crippen molar-refractivity contribution in [3.63, 3.8) is 0 Å². The van der Waals surface area contributed by atoms with Crippen molar-refractivity contribution >= 4 is 28.4 Å². The Balaban J connectivity index is 1.72. The second-order valence-corrected chi connectivity index (χ2v) is 9.64. The number of methoxy groups -OCH3 is 1. The van der Waals surface area contributed by atoms with E-state index in [4.69, 9.17) is 35.9 Å². The van der Waals surface area contributed by atoms with Gasteiger partial charge in [-0.3, -0.25) is 0 Å². The highest BCUT2D eigenvalue weighted by molar-refractivity contribution is 8.22. The molecule has 0 spiro atoms. The van der Waals surface area contributed by atoms with Gasteiger partial charge in [0.05, 0.1) is 25.4 Å². The van der Waals surface area contributed by atoms with Crippen LogP contribution in [0.4, 0.5) is 0 Å². The number of thiocarbonyl (C=S) groups is 1. The van der Waals surface area contributed by atoms with Gasteiger partial charge in [0, 0.05) is 12.9 Å². The lowest BCUT2D eigenvalue weighted by atomic mass is 9.99. The maximum atomic E-state index is 11.2. The first-order chi connectivity index (χ1) is 16.0. The van der Waals surface area contributed by atoms with Crippen molar-refractivity contribution < 1.29 is 28.8 Å². The number of hydrogen-bond donors (Lipinski definition) is 1. The number of hydrogen-bond acceptors (Lipinski definition) is 8. The smallest absolute Gasteiger partial charge is 0.220 e. The molecule has 5 atom stereocenters. The van der Waals surface area contributed by atoms with Crippen molar-refractivity contribution in [2.24, 2.45) is 0 Å². The minimum absolute atomic E-state index is 0.00774. The van der Waals surface area contributed by atoms with Crippen LogP contribution in [0.1, 0.15) is 25.0 Å². The molecule has 1 aliphatic rings. The molecule has 1 N–H and O–H groups in total. The zero-order valence-electron chi connectivity index (χ0n) is 19.2. The average Bonchev–Trinajstić information content (AvgIpc) is 2.82. The quantitative estimate of drug-likeness (QED) is 0.492. The van der Waals surface area contributed by atoms with Crippen molar-refractivity contribution in [3.05, 3.63) is 71.8 Å². The highest BCUT2D eigenvalue weighted by Crippen LogP contribution is 2.30. The summed E-state index contributed by atoms with van der Waals surface area (Å²) in [6, 6.07) is 19.7. The van der Waals surface area contributed by atoms with Gasteiger partial charge in [0.25, 0.3) is 0 Å². The zero-order chi connectivity index (χ0) is 23.6. The standard InChI is InChI=1S/C25H32O6S2/c1-17(2)30-25(32)33-16-20-21(26)22(28-14-18-10-6-4-7-11-18)23(24(27-3)31-20)29-15-19-12-8-5-9-13-19/h4-13,17,20-24,26H,14-16H2,1-3H3/t20-,21-,22+,23-,24+/m1/s1.